The molecule has 2 aromatic heterocycles. The average Bonchev–Trinajstić information content (AvgIpc) is 3.40. The predicted molar refractivity (Wildman–Crippen MR) is 126 cm³/mol. The number of thiocarbonyl (C=S) groups is 1. The summed E-state index contributed by atoms with van der Waals surface area (Å²) in [6.07, 6.45) is 1.57. The first-order valence-corrected chi connectivity index (χ1v) is 10.3. The van der Waals surface area contributed by atoms with Gasteiger partial charge in [-0.15, -0.1) is 10.2 Å². The fourth-order valence-corrected chi connectivity index (χ4v) is 3.40. The van der Waals surface area contributed by atoms with Crippen LogP contribution in [0.2, 0.25) is 0 Å². The standard InChI is InChI=1S/C23H21N5O3S/c1-15-7-2-4-10-18(15)25-20(29)14-28-19-11-5-3-9-17(19)21(22(28)30)26-27-23(32)24-13-16-8-6-12-31-16/h2-12,30H,13-14H2,1H3,(H,24,32)(H,25,29). The highest BCUT2D eigenvalue weighted by molar-refractivity contribution is 7.80. The van der Waals surface area contributed by atoms with Crippen LogP contribution in [-0.4, -0.2) is 20.7 Å². The molecule has 9 heteroatoms. The summed E-state index contributed by atoms with van der Waals surface area (Å²) in [5.41, 5.74) is 2.58. The summed E-state index contributed by atoms with van der Waals surface area (Å²) in [6.45, 7) is 2.20. The Balaban J connectivity index is 1.54. The first kappa shape index (κ1) is 21.3. The van der Waals surface area contributed by atoms with Crippen LogP contribution < -0.4 is 10.6 Å². The number of nitrogens with zero attached hydrogens (tertiary/aromatic N) is 3. The molecular formula is C23H21N5O3S. The van der Waals surface area contributed by atoms with Gasteiger partial charge in [0.15, 0.2) is 5.69 Å². The van der Waals surface area contributed by atoms with Crippen molar-refractivity contribution in [1.29, 1.82) is 0 Å². The van der Waals surface area contributed by atoms with E-state index in [1.165, 1.54) is 4.57 Å². The van der Waals surface area contributed by atoms with Crippen molar-refractivity contribution in [3.63, 3.8) is 0 Å². The summed E-state index contributed by atoms with van der Waals surface area (Å²) >= 11 is 5.19. The average molecular weight is 448 g/mol. The molecule has 4 rings (SSSR count). The molecule has 0 atom stereocenters. The number of hydrogen-bond donors (Lipinski definition) is 3. The van der Waals surface area contributed by atoms with E-state index in [4.69, 9.17) is 16.6 Å². The van der Waals surface area contributed by atoms with Crippen molar-refractivity contribution >= 4 is 45.5 Å². The van der Waals surface area contributed by atoms with E-state index >= 15 is 0 Å². The number of amides is 1. The van der Waals surface area contributed by atoms with E-state index in [1.807, 2.05) is 55.5 Å². The minimum atomic E-state index is -0.269. The minimum Gasteiger partial charge on any atom is -0.493 e. The number of para-hydroxylation sites is 2. The lowest BCUT2D eigenvalue weighted by Crippen LogP contribution is -2.19. The molecule has 0 fully saturated rings. The fraction of sp³-hybridized carbons (Fsp3) is 0.130. The fourth-order valence-electron chi connectivity index (χ4n) is 3.28. The van der Waals surface area contributed by atoms with Crippen molar-refractivity contribution in [2.24, 2.45) is 10.2 Å². The zero-order valence-electron chi connectivity index (χ0n) is 17.3. The number of fused-ring (bicyclic) bond motifs is 1. The monoisotopic (exact) mass is 447 g/mol. The molecule has 0 saturated heterocycles. The van der Waals surface area contributed by atoms with Crippen LogP contribution in [0.25, 0.3) is 10.9 Å². The number of aryl methyl sites for hydroxylation is 1. The highest BCUT2D eigenvalue weighted by Crippen LogP contribution is 2.38. The van der Waals surface area contributed by atoms with Crippen LogP contribution in [0.4, 0.5) is 11.4 Å². The van der Waals surface area contributed by atoms with E-state index in [2.05, 4.69) is 20.9 Å². The lowest BCUT2D eigenvalue weighted by atomic mass is 10.2. The second kappa shape index (κ2) is 9.44. The number of carbonyl (C=O) groups excluding carboxylic acids is 1. The highest BCUT2D eigenvalue weighted by Gasteiger charge is 2.19. The van der Waals surface area contributed by atoms with Gasteiger partial charge in [0.2, 0.25) is 16.9 Å². The van der Waals surface area contributed by atoms with Gasteiger partial charge in [-0.2, -0.15) is 0 Å². The van der Waals surface area contributed by atoms with E-state index in [0.717, 1.165) is 11.3 Å². The second-order valence-corrected chi connectivity index (χ2v) is 7.46. The van der Waals surface area contributed by atoms with E-state index in [0.29, 0.717) is 23.2 Å². The maximum absolute atomic E-state index is 12.7. The smallest absolute Gasteiger partial charge is 0.244 e. The van der Waals surface area contributed by atoms with Gasteiger partial charge in [-0.25, -0.2) is 0 Å². The molecule has 0 saturated carbocycles. The van der Waals surface area contributed by atoms with Gasteiger partial charge in [0.25, 0.3) is 0 Å². The molecule has 4 aromatic rings. The third-order valence-corrected chi connectivity index (χ3v) is 5.10. The van der Waals surface area contributed by atoms with Crippen molar-refractivity contribution in [3.8, 4) is 5.88 Å². The Kier molecular flexibility index (Phi) is 6.27. The Morgan fingerprint density at radius 3 is 2.69 bits per heavy atom. The molecule has 2 heterocycles. The Hall–Kier alpha value is -3.98. The normalized spacial score (nSPS) is 11.2. The predicted octanol–water partition coefficient (Wildman–Crippen LogP) is 5.05. The molecule has 0 unspecified atom stereocenters. The van der Waals surface area contributed by atoms with Crippen LogP contribution in [-0.2, 0) is 17.9 Å². The molecule has 162 valence electrons. The maximum Gasteiger partial charge on any atom is 0.244 e. The number of benzene rings is 2. The van der Waals surface area contributed by atoms with Crippen molar-refractivity contribution in [1.82, 2.24) is 9.88 Å². The number of rotatable bonds is 6. The summed E-state index contributed by atoms with van der Waals surface area (Å²) < 4.78 is 6.73. The molecule has 1 amide bonds. The summed E-state index contributed by atoms with van der Waals surface area (Å²) in [4.78, 5) is 12.7. The number of aromatic nitrogens is 1. The summed E-state index contributed by atoms with van der Waals surface area (Å²) in [5, 5.41) is 25.6. The zero-order valence-corrected chi connectivity index (χ0v) is 18.1. The van der Waals surface area contributed by atoms with Crippen LogP contribution >= 0.6 is 12.2 Å². The van der Waals surface area contributed by atoms with Gasteiger partial charge in [0.05, 0.1) is 18.3 Å². The van der Waals surface area contributed by atoms with Crippen molar-refractivity contribution in [3.05, 3.63) is 78.3 Å². The molecular weight excluding hydrogens is 426 g/mol. The number of anilines is 1. The molecule has 0 radical (unpaired) electrons. The third kappa shape index (κ3) is 4.68. The molecule has 0 aliphatic rings. The maximum atomic E-state index is 12.7. The highest BCUT2D eigenvalue weighted by atomic mass is 32.1. The number of aromatic hydroxyl groups is 1. The van der Waals surface area contributed by atoms with Crippen molar-refractivity contribution < 1.29 is 14.3 Å². The molecule has 0 aliphatic heterocycles. The molecule has 32 heavy (non-hydrogen) atoms. The van der Waals surface area contributed by atoms with Gasteiger partial charge in [-0.3, -0.25) is 4.79 Å². The topological polar surface area (TPSA) is 104 Å². The Morgan fingerprint density at radius 2 is 1.91 bits per heavy atom. The van der Waals surface area contributed by atoms with E-state index in [9.17, 15) is 9.90 Å². The zero-order chi connectivity index (χ0) is 22.5. The first-order chi connectivity index (χ1) is 15.5. The summed E-state index contributed by atoms with van der Waals surface area (Å²) in [7, 11) is 0. The lowest BCUT2D eigenvalue weighted by Gasteiger charge is -2.10. The Bertz CT molecular complexity index is 1290. The van der Waals surface area contributed by atoms with Crippen molar-refractivity contribution in [2.45, 2.75) is 20.0 Å². The van der Waals surface area contributed by atoms with Gasteiger partial charge < -0.3 is 24.7 Å². The molecule has 0 spiro atoms. The van der Waals surface area contributed by atoms with Gasteiger partial charge in [0, 0.05) is 11.1 Å². The SMILES string of the molecule is Cc1ccccc1NC(=O)Cn1c(O)c(N=NC(=S)NCc2ccco2)c2ccccc21. The van der Waals surface area contributed by atoms with Crippen LogP contribution in [0.5, 0.6) is 5.88 Å². The number of nitrogens with one attached hydrogen (secondary N) is 2. The van der Waals surface area contributed by atoms with E-state index in [-0.39, 0.29) is 29.1 Å². The third-order valence-electron chi connectivity index (χ3n) is 4.87. The van der Waals surface area contributed by atoms with E-state index in [1.54, 1.807) is 18.4 Å². The van der Waals surface area contributed by atoms with Crippen LogP contribution in [0.3, 0.4) is 0 Å². The molecule has 3 N–H and O–H groups in total. The molecule has 0 aliphatic carbocycles. The number of furan rings is 1. The van der Waals surface area contributed by atoms with E-state index < -0.39 is 0 Å². The van der Waals surface area contributed by atoms with Gasteiger partial charge in [0.1, 0.15) is 12.3 Å². The molecule has 0 bridgehead atoms. The van der Waals surface area contributed by atoms with Gasteiger partial charge in [-0.1, -0.05) is 36.4 Å². The van der Waals surface area contributed by atoms with Crippen LogP contribution in [0, 0.1) is 6.92 Å². The molecule has 8 nitrogen and oxygen atoms in total. The summed E-state index contributed by atoms with van der Waals surface area (Å²) in [5.74, 6) is 0.278. The lowest BCUT2D eigenvalue weighted by molar-refractivity contribution is -0.116. The largest absolute Gasteiger partial charge is 0.493 e. The Labute approximate surface area is 189 Å². The quantitative estimate of drug-likeness (QED) is 0.284. The van der Waals surface area contributed by atoms with Crippen LogP contribution in [0.1, 0.15) is 11.3 Å². The van der Waals surface area contributed by atoms with Crippen LogP contribution in [0.15, 0.2) is 81.6 Å². The van der Waals surface area contributed by atoms with Gasteiger partial charge >= 0.3 is 0 Å². The number of carbonyl (C=O) groups is 1. The number of hydrogen-bond acceptors (Lipinski definition) is 5. The number of azo groups is 1. The first-order valence-electron chi connectivity index (χ1n) is 9.90. The summed E-state index contributed by atoms with van der Waals surface area (Å²) in [6, 6.07) is 18.4. The van der Waals surface area contributed by atoms with Crippen molar-refractivity contribution in [2.75, 3.05) is 5.32 Å². The second-order valence-electron chi connectivity index (χ2n) is 7.08. The minimum absolute atomic E-state index is 0.0859. The molecule has 2 aromatic carbocycles. The Morgan fingerprint density at radius 1 is 1.12 bits per heavy atom. The van der Waals surface area contributed by atoms with Gasteiger partial charge in [-0.05, 0) is 49.0 Å².